The summed E-state index contributed by atoms with van der Waals surface area (Å²) in [5.74, 6) is 0.449. The monoisotopic (exact) mass is 262 g/mol. The summed E-state index contributed by atoms with van der Waals surface area (Å²) in [5, 5.41) is 0. The standard InChI is InChI=1S/C13H15FN4O/c1-18(12-10(14)7-16-13(15)17-12)8-9-5-3-4-6-11(9)19-2/h3-7H,8H2,1-2H3,(H2,15,16,17). The molecule has 2 rings (SSSR count). The molecule has 100 valence electrons. The molecule has 0 saturated heterocycles. The van der Waals surface area contributed by atoms with Crippen LogP contribution in [0.1, 0.15) is 5.56 Å². The van der Waals surface area contributed by atoms with Crippen molar-refractivity contribution in [2.75, 3.05) is 24.8 Å². The van der Waals surface area contributed by atoms with Gasteiger partial charge in [0.1, 0.15) is 5.75 Å². The highest BCUT2D eigenvalue weighted by Crippen LogP contribution is 2.22. The molecule has 0 aliphatic heterocycles. The smallest absolute Gasteiger partial charge is 0.222 e. The second kappa shape index (κ2) is 5.51. The lowest BCUT2D eigenvalue weighted by atomic mass is 10.2. The molecule has 0 aliphatic rings. The Hall–Kier alpha value is -2.37. The fraction of sp³-hybridized carbons (Fsp3) is 0.231. The normalized spacial score (nSPS) is 10.3. The molecule has 1 aromatic carbocycles. The Morgan fingerprint density at radius 3 is 2.84 bits per heavy atom. The van der Waals surface area contributed by atoms with E-state index in [0.717, 1.165) is 17.5 Å². The maximum atomic E-state index is 13.7. The van der Waals surface area contributed by atoms with Crippen LogP contribution in [0.3, 0.4) is 0 Å². The van der Waals surface area contributed by atoms with Crippen LogP contribution in [-0.2, 0) is 6.54 Å². The molecule has 2 aromatic rings. The SMILES string of the molecule is COc1ccccc1CN(C)c1nc(N)ncc1F. The molecule has 0 bridgehead atoms. The highest BCUT2D eigenvalue weighted by molar-refractivity contribution is 5.44. The molecule has 0 atom stereocenters. The molecule has 19 heavy (non-hydrogen) atoms. The van der Waals surface area contributed by atoms with Crippen LogP contribution in [0.25, 0.3) is 0 Å². The maximum absolute atomic E-state index is 13.7. The fourth-order valence-corrected chi connectivity index (χ4v) is 1.80. The average molecular weight is 262 g/mol. The third kappa shape index (κ3) is 2.90. The van der Waals surface area contributed by atoms with Gasteiger partial charge in [-0.2, -0.15) is 4.98 Å². The van der Waals surface area contributed by atoms with Crippen LogP contribution in [0.15, 0.2) is 30.5 Å². The van der Waals surface area contributed by atoms with Gasteiger partial charge in [0, 0.05) is 19.2 Å². The van der Waals surface area contributed by atoms with Crippen molar-refractivity contribution >= 4 is 11.8 Å². The number of nitrogens with two attached hydrogens (primary N) is 1. The van der Waals surface area contributed by atoms with E-state index in [2.05, 4.69) is 9.97 Å². The second-order valence-electron chi connectivity index (χ2n) is 4.07. The van der Waals surface area contributed by atoms with Crippen molar-refractivity contribution in [1.29, 1.82) is 0 Å². The summed E-state index contributed by atoms with van der Waals surface area (Å²) < 4.78 is 18.9. The number of nitrogens with zero attached hydrogens (tertiary/aromatic N) is 3. The molecule has 2 N–H and O–H groups in total. The van der Waals surface area contributed by atoms with Crippen molar-refractivity contribution in [3.05, 3.63) is 41.8 Å². The van der Waals surface area contributed by atoms with E-state index in [4.69, 9.17) is 10.5 Å². The minimum atomic E-state index is -0.508. The number of hydrogen-bond donors (Lipinski definition) is 1. The van der Waals surface area contributed by atoms with Crippen LogP contribution in [-0.4, -0.2) is 24.1 Å². The molecule has 5 nitrogen and oxygen atoms in total. The molecule has 0 radical (unpaired) electrons. The van der Waals surface area contributed by atoms with Gasteiger partial charge in [-0.1, -0.05) is 18.2 Å². The van der Waals surface area contributed by atoms with Crippen LogP contribution in [0.2, 0.25) is 0 Å². The van der Waals surface area contributed by atoms with Crippen LogP contribution in [0.4, 0.5) is 16.2 Å². The largest absolute Gasteiger partial charge is 0.496 e. The minimum absolute atomic E-state index is 0.0447. The number of anilines is 2. The first-order valence-corrected chi connectivity index (χ1v) is 5.73. The van der Waals surface area contributed by atoms with Crippen LogP contribution < -0.4 is 15.4 Å². The zero-order valence-corrected chi connectivity index (χ0v) is 10.8. The van der Waals surface area contributed by atoms with Gasteiger partial charge in [0.05, 0.1) is 13.3 Å². The average Bonchev–Trinajstić information content (AvgIpc) is 2.42. The van der Waals surface area contributed by atoms with Gasteiger partial charge in [0.25, 0.3) is 0 Å². The summed E-state index contributed by atoms with van der Waals surface area (Å²) in [6, 6.07) is 7.55. The number of rotatable bonds is 4. The number of ether oxygens (including phenoxy) is 1. The molecule has 0 saturated carbocycles. The number of halogens is 1. The van der Waals surface area contributed by atoms with E-state index >= 15 is 0 Å². The van der Waals surface area contributed by atoms with E-state index in [1.165, 1.54) is 0 Å². The predicted molar refractivity (Wildman–Crippen MR) is 71.5 cm³/mol. The summed E-state index contributed by atoms with van der Waals surface area (Å²) in [6.45, 7) is 0.456. The number of aromatic nitrogens is 2. The third-order valence-corrected chi connectivity index (χ3v) is 2.71. The predicted octanol–water partition coefficient (Wildman–Crippen LogP) is 1.84. The van der Waals surface area contributed by atoms with Gasteiger partial charge in [-0.25, -0.2) is 9.37 Å². The molecule has 0 unspecified atom stereocenters. The van der Waals surface area contributed by atoms with Gasteiger partial charge < -0.3 is 15.4 Å². The van der Waals surface area contributed by atoms with E-state index in [1.807, 2.05) is 24.3 Å². The van der Waals surface area contributed by atoms with E-state index in [-0.39, 0.29) is 11.8 Å². The zero-order chi connectivity index (χ0) is 13.8. The molecule has 0 aliphatic carbocycles. The number of nitrogen functional groups attached to an aromatic ring is 1. The van der Waals surface area contributed by atoms with Crippen molar-refractivity contribution in [2.24, 2.45) is 0 Å². The third-order valence-electron chi connectivity index (χ3n) is 2.71. The zero-order valence-electron chi connectivity index (χ0n) is 10.8. The molecule has 1 heterocycles. The van der Waals surface area contributed by atoms with E-state index in [0.29, 0.717) is 6.54 Å². The molecular formula is C13H15FN4O. The Kier molecular flexibility index (Phi) is 3.79. The molecule has 1 aromatic heterocycles. The van der Waals surface area contributed by atoms with Crippen molar-refractivity contribution < 1.29 is 9.13 Å². The van der Waals surface area contributed by atoms with E-state index in [1.54, 1.807) is 19.1 Å². The summed E-state index contributed by atoms with van der Waals surface area (Å²) in [4.78, 5) is 9.16. The first-order chi connectivity index (χ1) is 9.11. The Balaban J connectivity index is 2.25. The van der Waals surface area contributed by atoms with E-state index < -0.39 is 5.82 Å². The molecule has 6 heteroatoms. The fourth-order valence-electron chi connectivity index (χ4n) is 1.80. The molecule has 0 fully saturated rings. The van der Waals surface area contributed by atoms with Crippen molar-refractivity contribution in [3.8, 4) is 5.75 Å². The van der Waals surface area contributed by atoms with Gasteiger partial charge in [-0.15, -0.1) is 0 Å². The summed E-state index contributed by atoms with van der Waals surface area (Å²) in [7, 11) is 3.33. The van der Waals surface area contributed by atoms with Crippen molar-refractivity contribution in [3.63, 3.8) is 0 Å². The number of methoxy groups -OCH3 is 1. The highest BCUT2D eigenvalue weighted by Gasteiger charge is 2.13. The summed E-state index contributed by atoms with van der Waals surface area (Å²) >= 11 is 0. The van der Waals surface area contributed by atoms with Gasteiger partial charge in [0.15, 0.2) is 11.6 Å². The lowest BCUT2D eigenvalue weighted by molar-refractivity contribution is 0.409. The summed E-state index contributed by atoms with van der Waals surface area (Å²) in [6.07, 6.45) is 1.07. The Morgan fingerprint density at radius 1 is 1.37 bits per heavy atom. The minimum Gasteiger partial charge on any atom is -0.496 e. The van der Waals surface area contributed by atoms with Gasteiger partial charge in [-0.05, 0) is 6.07 Å². The van der Waals surface area contributed by atoms with Crippen LogP contribution >= 0.6 is 0 Å². The van der Waals surface area contributed by atoms with E-state index in [9.17, 15) is 4.39 Å². The Morgan fingerprint density at radius 2 is 2.11 bits per heavy atom. The van der Waals surface area contributed by atoms with Crippen molar-refractivity contribution in [2.45, 2.75) is 6.54 Å². The van der Waals surface area contributed by atoms with Gasteiger partial charge >= 0.3 is 0 Å². The van der Waals surface area contributed by atoms with Crippen LogP contribution in [0.5, 0.6) is 5.75 Å². The lowest BCUT2D eigenvalue weighted by Crippen LogP contribution is -2.20. The van der Waals surface area contributed by atoms with Crippen molar-refractivity contribution in [1.82, 2.24) is 9.97 Å². The van der Waals surface area contributed by atoms with Crippen LogP contribution in [0, 0.1) is 5.82 Å². The van der Waals surface area contributed by atoms with Gasteiger partial charge in [0.2, 0.25) is 5.95 Å². The maximum Gasteiger partial charge on any atom is 0.222 e. The Bertz CT molecular complexity index is 576. The molecule has 0 spiro atoms. The Labute approximate surface area is 110 Å². The number of hydrogen-bond acceptors (Lipinski definition) is 5. The quantitative estimate of drug-likeness (QED) is 0.910. The lowest BCUT2D eigenvalue weighted by Gasteiger charge is -2.20. The first kappa shape index (κ1) is 13.1. The molecule has 0 amide bonds. The summed E-state index contributed by atoms with van der Waals surface area (Å²) in [5.41, 5.74) is 6.41. The first-order valence-electron chi connectivity index (χ1n) is 5.73. The second-order valence-corrected chi connectivity index (χ2v) is 4.07. The topological polar surface area (TPSA) is 64.3 Å². The number of benzene rings is 1. The number of para-hydroxylation sites is 1. The van der Waals surface area contributed by atoms with Gasteiger partial charge in [-0.3, -0.25) is 0 Å². The molecular weight excluding hydrogens is 247 g/mol. The highest BCUT2D eigenvalue weighted by atomic mass is 19.1.